The molecular formula is C26H26FN7O2. The number of hydrogen-bond acceptors (Lipinski definition) is 6. The number of nitrogens with zero attached hydrogens (tertiary/aromatic N) is 3. The quantitative estimate of drug-likeness (QED) is 0.312. The lowest BCUT2D eigenvalue weighted by Gasteiger charge is -2.24. The summed E-state index contributed by atoms with van der Waals surface area (Å²) in [5.74, 6) is -0.558. The molecule has 1 saturated heterocycles. The molecule has 0 saturated carbocycles. The van der Waals surface area contributed by atoms with Crippen molar-refractivity contribution < 1.29 is 14.0 Å². The van der Waals surface area contributed by atoms with Gasteiger partial charge in [-0.1, -0.05) is 18.2 Å². The summed E-state index contributed by atoms with van der Waals surface area (Å²) in [4.78, 5) is 34.6. The van der Waals surface area contributed by atoms with Crippen molar-refractivity contribution >= 4 is 40.0 Å². The summed E-state index contributed by atoms with van der Waals surface area (Å²) < 4.78 is 16.0. The Labute approximate surface area is 206 Å². The molecule has 3 heterocycles. The van der Waals surface area contributed by atoms with E-state index in [4.69, 9.17) is 5.73 Å². The van der Waals surface area contributed by atoms with Crippen molar-refractivity contribution in [2.24, 2.45) is 0 Å². The van der Waals surface area contributed by atoms with Crippen LogP contribution in [0.3, 0.4) is 0 Å². The number of amides is 2. The normalized spacial score (nSPS) is 14.1. The number of carbonyl (C=O) groups is 2. The van der Waals surface area contributed by atoms with Gasteiger partial charge in [-0.25, -0.2) is 19.2 Å². The largest absolute Gasteiger partial charge is 0.383 e. The fourth-order valence-corrected chi connectivity index (χ4v) is 4.56. The van der Waals surface area contributed by atoms with Gasteiger partial charge in [-0.2, -0.15) is 0 Å². The Kier molecular flexibility index (Phi) is 6.34. The number of benzene rings is 2. The fourth-order valence-electron chi connectivity index (χ4n) is 4.56. The van der Waals surface area contributed by atoms with E-state index in [9.17, 15) is 14.0 Å². The van der Waals surface area contributed by atoms with Gasteiger partial charge in [0.05, 0.1) is 16.6 Å². The minimum Gasteiger partial charge on any atom is -0.383 e. The standard InChI is InChI=1S/C26H26FN7O2/c1-15-5-6-20(27)21(11-15)33-26(36)32-17-4-2-3-16(12-17)23(35)19-13-34(18-7-9-29-10-8-18)25-22(19)24(28)30-14-31-25/h2-6,11-14,18,29H,7-10H2,1H3,(H2,28,30,31)(H2,32,33,36). The Morgan fingerprint density at radius 1 is 1.11 bits per heavy atom. The van der Waals surface area contributed by atoms with Crippen LogP contribution in [0.5, 0.6) is 0 Å². The molecule has 184 valence electrons. The van der Waals surface area contributed by atoms with Gasteiger partial charge in [0.1, 0.15) is 23.6 Å². The van der Waals surface area contributed by atoms with Crippen molar-refractivity contribution in [3.8, 4) is 0 Å². The monoisotopic (exact) mass is 487 g/mol. The predicted octanol–water partition coefficient (Wildman–Crippen LogP) is 4.26. The second kappa shape index (κ2) is 9.74. The van der Waals surface area contributed by atoms with E-state index < -0.39 is 11.8 Å². The van der Waals surface area contributed by atoms with Crippen molar-refractivity contribution in [3.05, 3.63) is 77.5 Å². The summed E-state index contributed by atoms with van der Waals surface area (Å²) in [6.45, 7) is 3.57. The Balaban J connectivity index is 1.42. The first kappa shape index (κ1) is 23.4. The van der Waals surface area contributed by atoms with E-state index in [2.05, 4.69) is 25.9 Å². The third-order valence-electron chi connectivity index (χ3n) is 6.34. The van der Waals surface area contributed by atoms with Gasteiger partial charge in [-0.3, -0.25) is 4.79 Å². The average Bonchev–Trinajstić information content (AvgIpc) is 3.27. The number of aryl methyl sites for hydroxylation is 1. The van der Waals surface area contributed by atoms with Crippen LogP contribution in [-0.2, 0) is 0 Å². The molecule has 2 amide bonds. The molecule has 0 aliphatic carbocycles. The minimum atomic E-state index is -0.621. The molecule has 1 aliphatic rings. The third-order valence-corrected chi connectivity index (χ3v) is 6.34. The van der Waals surface area contributed by atoms with E-state index in [0.717, 1.165) is 31.5 Å². The SMILES string of the molecule is Cc1ccc(F)c(NC(=O)Nc2cccc(C(=O)c3cn(C4CCNCC4)c4ncnc(N)c34)c2)c1. The highest BCUT2D eigenvalue weighted by Crippen LogP contribution is 2.31. The lowest BCUT2D eigenvalue weighted by Crippen LogP contribution is -2.29. The van der Waals surface area contributed by atoms with E-state index in [1.807, 2.05) is 4.57 Å². The zero-order valence-electron chi connectivity index (χ0n) is 19.7. The molecule has 36 heavy (non-hydrogen) atoms. The highest BCUT2D eigenvalue weighted by atomic mass is 19.1. The fraction of sp³-hybridized carbons (Fsp3) is 0.231. The first-order valence-electron chi connectivity index (χ1n) is 11.7. The number of halogens is 1. The number of urea groups is 1. The van der Waals surface area contributed by atoms with Gasteiger partial charge in [0.25, 0.3) is 0 Å². The lowest BCUT2D eigenvalue weighted by atomic mass is 10.0. The Bertz CT molecular complexity index is 1460. The van der Waals surface area contributed by atoms with E-state index in [1.54, 1.807) is 49.5 Å². The van der Waals surface area contributed by atoms with Gasteiger partial charge >= 0.3 is 6.03 Å². The Hall–Kier alpha value is -4.31. The molecule has 10 heteroatoms. The zero-order valence-corrected chi connectivity index (χ0v) is 19.7. The zero-order chi connectivity index (χ0) is 25.2. The molecule has 4 aromatic rings. The van der Waals surface area contributed by atoms with Crippen LogP contribution in [0.4, 0.5) is 26.4 Å². The molecule has 9 nitrogen and oxygen atoms in total. The maximum absolute atomic E-state index is 14.0. The van der Waals surface area contributed by atoms with Crippen LogP contribution in [0.2, 0.25) is 0 Å². The number of carbonyl (C=O) groups excluding carboxylic acids is 2. The first-order valence-corrected chi connectivity index (χ1v) is 11.7. The van der Waals surface area contributed by atoms with Gasteiger partial charge in [-0.05, 0) is 62.7 Å². The van der Waals surface area contributed by atoms with Crippen LogP contribution in [0.25, 0.3) is 11.0 Å². The Morgan fingerprint density at radius 3 is 2.72 bits per heavy atom. The van der Waals surface area contributed by atoms with Gasteiger partial charge in [0, 0.05) is 23.5 Å². The van der Waals surface area contributed by atoms with Crippen molar-refractivity contribution in [1.82, 2.24) is 19.9 Å². The van der Waals surface area contributed by atoms with Crippen molar-refractivity contribution in [3.63, 3.8) is 0 Å². The van der Waals surface area contributed by atoms with Crippen molar-refractivity contribution in [2.45, 2.75) is 25.8 Å². The molecule has 2 aromatic heterocycles. The van der Waals surface area contributed by atoms with Gasteiger partial charge in [-0.15, -0.1) is 0 Å². The van der Waals surface area contributed by atoms with Crippen LogP contribution in [0, 0.1) is 12.7 Å². The molecular weight excluding hydrogens is 461 g/mol. The number of aromatic nitrogens is 3. The topological polar surface area (TPSA) is 127 Å². The number of fused-ring (bicyclic) bond motifs is 1. The van der Waals surface area contributed by atoms with Crippen molar-refractivity contribution in [1.29, 1.82) is 0 Å². The molecule has 1 fully saturated rings. The van der Waals surface area contributed by atoms with Gasteiger partial charge in [0.15, 0.2) is 5.78 Å². The summed E-state index contributed by atoms with van der Waals surface area (Å²) in [5.41, 5.74) is 8.85. The molecule has 0 bridgehead atoms. The van der Waals surface area contributed by atoms with Gasteiger partial charge in [0.2, 0.25) is 0 Å². The number of nitrogens with one attached hydrogen (secondary N) is 3. The molecule has 0 unspecified atom stereocenters. The summed E-state index contributed by atoms with van der Waals surface area (Å²) in [7, 11) is 0. The summed E-state index contributed by atoms with van der Waals surface area (Å²) in [6, 6.07) is 10.6. The van der Waals surface area contributed by atoms with Crippen LogP contribution in [-0.4, -0.2) is 39.4 Å². The number of rotatable bonds is 5. The molecule has 1 aliphatic heterocycles. The third kappa shape index (κ3) is 4.63. The summed E-state index contributed by atoms with van der Waals surface area (Å²) in [5, 5.41) is 9.02. The van der Waals surface area contributed by atoms with Crippen LogP contribution in [0.1, 0.15) is 40.4 Å². The summed E-state index contributed by atoms with van der Waals surface area (Å²) >= 11 is 0. The number of piperidine rings is 1. The number of hydrogen-bond donors (Lipinski definition) is 4. The van der Waals surface area contributed by atoms with Crippen LogP contribution < -0.4 is 21.7 Å². The molecule has 0 spiro atoms. The number of nitrogens with two attached hydrogens (primary N) is 1. The smallest absolute Gasteiger partial charge is 0.323 e. The second-order valence-corrected chi connectivity index (χ2v) is 8.86. The van der Waals surface area contributed by atoms with E-state index in [-0.39, 0.29) is 23.3 Å². The van der Waals surface area contributed by atoms with E-state index in [1.165, 1.54) is 12.4 Å². The highest BCUT2D eigenvalue weighted by Gasteiger charge is 2.25. The first-order chi connectivity index (χ1) is 17.4. The molecule has 2 aromatic carbocycles. The van der Waals surface area contributed by atoms with Crippen LogP contribution >= 0.6 is 0 Å². The van der Waals surface area contributed by atoms with E-state index >= 15 is 0 Å². The number of ketones is 1. The molecule has 0 radical (unpaired) electrons. The number of anilines is 3. The summed E-state index contributed by atoms with van der Waals surface area (Å²) in [6.07, 6.45) is 5.04. The molecule has 5 rings (SSSR count). The maximum atomic E-state index is 14.0. The molecule has 5 N–H and O–H groups in total. The second-order valence-electron chi connectivity index (χ2n) is 8.86. The minimum absolute atomic E-state index is 0.0703. The van der Waals surface area contributed by atoms with Gasteiger partial charge < -0.3 is 26.3 Å². The molecule has 0 atom stereocenters. The van der Waals surface area contributed by atoms with Crippen molar-refractivity contribution in [2.75, 3.05) is 29.5 Å². The number of nitrogen functional groups attached to an aromatic ring is 1. The highest BCUT2D eigenvalue weighted by molar-refractivity contribution is 6.18. The predicted molar refractivity (Wildman–Crippen MR) is 137 cm³/mol. The lowest BCUT2D eigenvalue weighted by molar-refractivity contribution is 0.104. The maximum Gasteiger partial charge on any atom is 0.323 e. The van der Waals surface area contributed by atoms with Crippen LogP contribution in [0.15, 0.2) is 55.0 Å². The van der Waals surface area contributed by atoms with E-state index in [0.29, 0.717) is 27.8 Å². The average molecular weight is 488 g/mol. The Morgan fingerprint density at radius 2 is 1.92 bits per heavy atom.